The van der Waals surface area contributed by atoms with Crippen LogP contribution in [0.5, 0.6) is 11.5 Å². The zero-order valence-electron chi connectivity index (χ0n) is 8.37. The first-order chi connectivity index (χ1) is 6.72. The van der Waals surface area contributed by atoms with Gasteiger partial charge in [0.1, 0.15) is 0 Å². The number of methoxy groups -OCH3 is 2. The van der Waals surface area contributed by atoms with Gasteiger partial charge in [0, 0.05) is 23.3 Å². The average molecular weight is 258 g/mol. The van der Waals surface area contributed by atoms with Gasteiger partial charge in [-0.3, -0.25) is 4.99 Å². The highest BCUT2D eigenvalue weighted by Gasteiger charge is 2.07. The number of hydrogen-bond donors (Lipinski definition) is 0. The van der Waals surface area contributed by atoms with Gasteiger partial charge in [0.15, 0.2) is 11.5 Å². The third-order valence-electron chi connectivity index (χ3n) is 1.77. The molecule has 0 amide bonds. The first kappa shape index (κ1) is 11.0. The summed E-state index contributed by atoms with van der Waals surface area (Å²) in [7, 11) is 4.94. The van der Waals surface area contributed by atoms with Gasteiger partial charge in [0.2, 0.25) is 0 Å². The Morgan fingerprint density at radius 1 is 1.21 bits per heavy atom. The fraction of sp³-hybridized carbons (Fsp3) is 0.300. The lowest BCUT2D eigenvalue weighted by Crippen LogP contribution is -1.93. The molecule has 0 unspecified atom stereocenters. The Morgan fingerprint density at radius 3 is 2.29 bits per heavy atom. The molecule has 4 heteroatoms. The number of halogens is 1. The fourth-order valence-electron chi connectivity index (χ4n) is 1.11. The fourth-order valence-corrected chi connectivity index (χ4v) is 1.53. The summed E-state index contributed by atoms with van der Waals surface area (Å²) in [5.74, 6) is 1.40. The van der Waals surface area contributed by atoms with E-state index in [1.54, 1.807) is 27.5 Å². The van der Waals surface area contributed by atoms with Crippen molar-refractivity contribution in [1.29, 1.82) is 0 Å². The van der Waals surface area contributed by atoms with Crippen molar-refractivity contribution in [2.75, 3.05) is 21.3 Å². The molecule has 0 saturated carbocycles. The molecule has 0 aliphatic rings. The molecule has 0 saturated heterocycles. The predicted molar refractivity (Wildman–Crippen MR) is 60.8 cm³/mol. The molecular formula is C10H12BrNO2. The van der Waals surface area contributed by atoms with Crippen LogP contribution in [0, 0.1) is 0 Å². The van der Waals surface area contributed by atoms with Gasteiger partial charge < -0.3 is 9.47 Å². The van der Waals surface area contributed by atoms with E-state index in [1.807, 2.05) is 12.1 Å². The quantitative estimate of drug-likeness (QED) is 0.780. The van der Waals surface area contributed by atoms with Crippen LogP contribution in [0.3, 0.4) is 0 Å². The summed E-state index contributed by atoms with van der Waals surface area (Å²) >= 11 is 3.43. The lowest BCUT2D eigenvalue weighted by Gasteiger charge is -2.09. The van der Waals surface area contributed by atoms with E-state index >= 15 is 0 Å². The van der Waals surface area contributed by atoms with E-state index in [9.17, 15) is 0 Å². The zero-order chi connectivity index (χ0) is 10.6. The van der Waals surface area contributed by atoms with E-state index in [1.165, 1.54) is 0 Å². The Hall–Kier alpha value is -1.03. The Balaban J connectivity index is 3.23. The number of hydrogen-bond acceptors (Lipinski definition) is 3. The van der Waals surface area contributed by atoms with E-state index in [2.05, 4.69) is 20.9 Å². The second kappa shape index (κ2) is 5.00. The van der Waals surface area contributed by atoms with Crippen molar-refractivity contribution in [3.8, 4) is 11.5 Å². The molecule has 0 aliphatic heterocycles. The highest BCUT2D eigenvalue weighted by molar-refractivity contribution is 9.10. The maximum absolute atomic E-state index is 5.17. The van der Waals surface area contributed by atoms with Crippen molar-refractivity contribution in [3.63, 3.8) is 0 Å². The van der Waals surface area contributed by atoms with Crippen LogP contribution in [-0.2, 0) is 0 Å². The van der Waals surface area contributed by atoms with E-state index in [0.717, 1.165) is 10.0 Å². The Kier molecular flexibility index (Phi) is 3.95. The predicted octanol–water partition coefficient (Wildman–Crippen LogP) is 2.52. The van der Waals surface area contributed by atoms with E-state index < -0.39 is 0 Å². The van der Waals surface area contributed by atoms with Crippen molar-refractivity contribution < 1.29 is 9.47 Å². The summed E-state index contributed by atoms with van der Waals surface area (Å²) in [4.78, 5) is 3.95. The number of rotatable bonds is 3. The SMILES string of the molecule is CN=Cc1cc(OC)c(OC)cc1Br. The molecule has 1 aromatic carbocycles. The van der Waals surface area contributed by atoms with Crippen LogP contribution >= 0.6 is 15.9 Å². The van der Waals surface area contributed by atoms with E-state index in [0.29, 0.717) is 11.5 Å². The summed E-state index contributed by atoms with van der Waals surface area (Å²) in [6.07, 6.45) is 1.76. The van der Waals surface area contributed by atoms with Crippen molar-refractivity contribution in [3.05, 3.63) is 22.2 Å². The van der Waals surface area contributed by atoms with E-state index in [4.69, 9.17) is 9.47 Å². The van der Waals surface area contributed by atoms with Crippen LogP contribution in [0.1, 0.15) is 5.56 Å². The maximum atomic E-state index is 5.17. The molecule has 0 N–H and O–H groups in total. The summed E-state index contributed by atoms with van der Waals surface area (Å²) in [6.45, 7) is 0. The van der Waals surface area contributed by atoms with Gasteiger partial charge in [-0.05, 0) is 28.1 Å². The summed E-state index contributed by atoms with van der Waals surface area (Å²) in [6, 6.07) is 3.73. The van der Waals surface area contributed by atoms with Crippen LogP contribution < -0.4 is 9.47 Å². The molecule has 3 nitrogen and oxygen atoms in total. The molecule has 0 atom stereocenters. The van der Waals surface area contributed by atoms with Gasteiger partial charge in [-0.1, -0.05) is 0 Å². The molecule has 0 radical (unpaired) electrons. The first-order valence-corrected chi connectivity index (χ1v) is 4.86. The smallest absolute Gasteiger partial charge is 0.161 e. The molecule has 1 aromatic rings. The van der Waals surface area contributed by atoms with Gasteiger partial charge in [0.25, 0.3) is 0 Å². The van der Waals surface area contributed by atoms with Gasteiger partial charge in [-0.25, -0.2) is 0 Å². The highest BCUT2D eigenvalue weighted by Crippen LogP contribution is 2.32. The minimum absolute atomic E-state index is 0.700. The third kappa shape index (κ3) is 2.26. The van der Waals surface area contributed by atoms with Crippen molar-refractivity contribution in [1.82, 2.24) is 0 Å². The molecule has 14 heavy (non-hydrogen) atoms. The van der Waals surface area contributed by atoms with Gasteiger partial charge in [-0.2, -0.15) is 0 Å². The average Bonchev–Trinajstić information content (AvgIpc) is 2.20. The third-order valence-corrected chi connectivity index (χ3v) is 2.46. The lowest BCUT2D eigenvalue weighted by molar-refractivity contribution is 0.354. The van der Waals surface area contributed by atoms with Crippen molar-refractivity contribution in [2.45, 2.75) is 0 Å². The molecular weight excluding hydrogens is 246 g/mol. The summed E-state index contributed by atoms with van der Waals surface area (Å²) in [5.41, 5.74) is 0.963. The van der Waals surface area contributed by atoms with E-state index in [-0.39, 0.29) is 0 Å². The highest BCUT2D eigenvalue weighted by atomic mass is 79.9. The second-order valence-corrected chi connectivity index (χ2v) is 3.47. The summed E-state index contributed by atoms with van der Waals surface area (Å²) < 4.78 is 11.3. The number of nitrogens with zero attached hydrogens (tertiary/aromatic N) is 1. The molecule has 0 aromatic heterocycles. The van der Waals surface area contributed by atoms with Crippen LogP contribution in [0.4, 0.5) is 0 Å². The van der Waals surface area contributed by atoms with Crippen LogP contribution in [0.25, 0.3) is 0 Å². The van der Waals surface area contributed by atoms with Crippen LogP contribution in [0.2, 0.25) is 0 Å². The van der Waals surface area contributed by atoms with Crippen molar-refractivity contribution in [2.24, 2.45) is 4.99 Å². The Labute approximate surface area is 91.9 Å². The molecule has 0 bridgehead atoms. The van der Waals surface area contributed by atoms with Crippen molar-refractivity contribution >= 4 is 22.1 Å². The van der Waals surface area contributed by atoms with Gasteiger partial charge >= 0.3 is 0 Å². The van der Waals surface area contributed by atoms with Gasteiger partial charge in [0.05, 0.1) is 14.2 Å². The first-order valence-electron chi connectivity index (χ1n) is 4.06. The molecule has 0 heterocycles. The lowest BCUT2D eigenvalue weighted by atomic mass is 10.2. The maximum Gasteiger partial charge on any atom is 0.161 e. The normalized spacial score (nSPS) is 10.6. The molecule has 76 valence electrons. The number of aliphatic imine (C=N–C) groups is 1. The molecule has 0 aliphatic carbocycles. The molecule has 0 fully saturated rings. The zero-order valence-corrected chi connectivity index (χ0v) is 9.96. The second-order valence-electron chi connectivity index (χ2n) is 2.62. The molecule has 0 spiro atoms. The van der Waals surface area contributed by atoms with Gasteiger partial charge in [-0.15, -0.1) is 0 Å². The Morgan fingerprint density at radius 2 is 1.79 bits per heavy atom. The van der Waals surface area contributed by atoms with Crippen LogP contribution in [0.15, 0.2) is 21.6 Å². The molecule has 1 rings (SSSR count). The Bertz CT molecular complexity index is 350. The minimum atomic E-state index is 0.700. The standard InChI is InChI=1S/C10H12BrNO2/c1-12-6-7-4-9(13-2)10(14-3)5-8(7)11/h4-6H,1-3H3. The monoisotopic (exact) mass is 257 g/mol. The minimum Gasteiger partial charge on any atom is -0.493 e. The largest absolute Gasteiger partial charge is 0.493 e. The number of ether oxygens (including phenoxy) is 2. The van der Waals surface area contributed by atoms with Crippen LogP contribution in [-0.4, -0.2) is 27.5 Å². The summed E-state index contributed by atoms with van der Waals surface area (Å²) in [5, 5.41) is 0. The topological polar surface area (TPSA) is 30.8 Å². The number of benzene rings is 1.